The molecule has 0 unspecified atom stereocenters. The monoisotopic (exact) mass is 412 g/mol. The number of carbonyl (C=O) groups excluding carboxylic acids is 1. The number of hydrogen-bond acceptors (Lipinski definition) is 4. The van der Waals surface area contributed by atoms with Crippen LogP contribution >= 0.6 is 15.9 Å². The summed E-state index contributed by atoms with van der Waals surface area (Å²) in [6, 6.07) is 4.31. The number of nitrogens with two attached hydrogens (primary N) is 2. The van der Waals surface area contributed by atoms with Crippen LogP contribution in [0.4, 0.5) is 0 Å². The maximum atomic E-state index is 11.9. The first-order valence-corrected chi connectivity index (χ1v) is 8.23. The van der Waals surface area contributed by atoms with E-state index in [0.717, 1.165) is 10.0 Å². The van der Waals surface area contributed by atoms with Gasteiger partial charge in [-0.3, -0.25) is 9.79 Å². The number of carbonyl (C=O) groups is 2. The number of amides is 1. The lowest BCUT2D eigenvalue weighted by Crippen LogP contribution is -2.40. The maximum absolute atomic E-state index is 11.9. The Bertz CT molecular complexity index is 672. The van der Waals surface area contributed by atoms with E-state index >= 15 is 0 Å². The van der Waals surface area contributed by atoms with Gasteiger partial charge < -0.3 is 26.6 Å². The van der Waals surface area contributed by atoms with Gasteiger partial charge in [0, 0.05) is 12.6 Å². The summed E-state index contributed by atoms with van der Waals surface area (Å²) < 4.78 is 5.88. The quantitative estimate of drug-likeness (QED) is 0.207. The van der Waals surface area contributed by atoms with Crippen molar-refractivity contribution < 1.29 is 19.4 Å². The zero-order valence-electron chi connectivity index (χ0n) is 13.7. The van der Waals surface area contributed by atoms with E-state index in [1.807, 2.05) is 0 Å². The number of rotatable bonds is 9. The molecule has 0 bridgehead atoms. The van der Waals surface area contributed by atoms with Gasteiger partial charge in [-0.25, -0.2) is 4.79 Å². The fourth-order valence-corrected chi connectivity index (χ4v) is 2.50. The van der Waals surface area contributed by atoms with Crippen LogP contribution in [0.2, 0.25) is 0 Å². The van der Waals surface area contributed by atoms with Gasteiger partial charge in [0.15, 0.2) is 5.96 Å². The van der Waals surface area contributed by atoms with Crippen molar-refractivity contribution in [2.45, 2.75) is 18.9 Å². The van der Waals surface area contributed by atoms with Gasteiger partial charge in [-0.2, -0.15) is 0 Å². The summed E-state index contributed by atoms with van der Waals surface area (Å²) in [4.78, 5) is 26.9. The lowest BCUT2D eigenvalue weighted by Gasteiger charge is -2.12. The van der Waals surface area contributed by atoms with Gasteiger partial charge in [0.1, 0.15) is 11.8 Å². The van der Waals surface area contributed by atoms with E-state index in [9.17, 15) is 9.59 Å². The topological polar surface area (TPSA) is 140 Å². The molecule has 0 aliphatic rings. The Balaban J connectivity index is 2.60. The molecule has 6 N–H and O–H groups in total. The van der Waals surface area contributed by atoms with Crippen LogP contribution in [0.3, 0.4) is 0 Å². The molecule has 0 saturated carbocycles. The van der Waals surface area contributed by atoms with E-state index in [1.165, 1.54) is 6.08 Å². The van der Waals surface area contributed by atoms with E-state index in [-0.39, 0.29) is 12.4 Å². The molecule has 25 heavy (non-hydrogen) atoms. The molecule has 9 heteroatoms. The fourth-order valence-electron chi connectivity index (χ4n) is 1.94. The molecule has 0 radical (unpaired) electrons. The SMILES string of the molecule is COc1ccc(/C=C/C(=O)N[C@H](CCCN=C(N)N)C(=O)O)cc1Br. The Morgan fingerprint density at radius 2 is 2.16 bits per heavy atom. The first-order chi connectivity index (χ1) is 11.8. The van der Waals surface area contributed by atoms with E-state index in [2.05, 4.69) is 26.2 Å². The number of aliphatic carboxylic acids is 1. The average molecular weight is 413 g/mol. The molecule has 0 aliphatic heterocycles. The van der Waals surface area contributed by atoms with Crippen LogP contribution in [0.25, 0.3) is 6.08 Å². The highest BCUT2D eigenvalue weighted by Gasteiger charge is 2.18. The molecule has 1 rings (SSSR count). The number of carboxylic acid groups (broad SMARTS) is 1. The van der Waals surface area contributed by atoms with Crippen molar-refractivity contribution in [3.05, 3.63) is 34.3 Å². The van der Waals surface area contributed by atoms with Gasteiger partial charge in [-0.1, -0.05) is 6.07 Å². The normalized spacial score (nSPS) is 11.8. The number of methoxy groups -OCH3 is 1. The number of nitrogens with one attached hydrogen (secondary N) is 1. The molecule has 0 saturated heterocycles. The van der Waals surface area contributed by atoms with Crippen LogP contribution in [-0.2, 0) is 9.59 Å². The number of hydrogen-bond donors (Lipinski definition) is 4. The van der Waals surface area contributed by atoms with Crippen LogP contribution in [0.5, 0.6) is 5.75 Å². The minimum atomic E-state index is -1.11. The minimum Gasteiger partial charge on any atom is -0.496 e. The van der Waals surface area contributed by atoms with Gasteiger partial charge >= 0.3 is 5.97 Å². The number of ether oxygens (including phenoxy) is 1. The van der Waals surface area contributed by atoms with Crippen molar-refractivity contribution in [1.29, 1.82) is 0 Å². The Morgan fingerprint density at radius 1 is 1.44 bits per heavy atom. The van der Waals surface area contributed by atoms with Crippen LogP contribution in [-0.4, -0.2) is 42.6 Å². The molecule has 1 aromatic rings. The summed E-state index contributed by atoms with van der Waals surface area (Å²) in [7, 11) is 1.56. The van der Waals surface area contributed by atoms with Gasteiger partial charge in [0.2, 0.25) is 5.91 Å². The number of aliphatic imine (C=N–C) groups is 1. The van der Waals surface area contributed by atoms with Crippen molar-refractivity contribution in [2.75, 3.05) is 13.7 Å². The summed E-state index contributed by atoms with van der Waals surface area (Å²) in [6.07, 6.45) is 3.52. The molecule has 8 nitrogen and oxygen atoms in total. The van der Waals surface area contributed by atoms with Crippen LogP contribution < -0.4 is 21.5 Å². The molecule has 0 aliphatic carbocycles. The summed E-state index contributed by atoms with van der Waals surface area (Å²) in [5.41, 5.74) is 11.2. The molecular weight excluding hydrogens is 392 g/mol. The Hall–Kier alpha value is -2.55. The second-order valence-corrected chi connectivity index (χ2v) is 5.93. The van der Waals surface area contributed by atoms with E-state index in [0.29, 0.717) is 18.7 Å². The highest BCUT2D eigenvalue weighted by Crippen LogP contribution is 2.25. The first-order valence-electron chi connectivity index (χ1n) is 7.43. The lowest BCUT2D eigenvalue weighted by molar-refractivity contribution is -0.141. The van der Waals surface area contributed by atoms with Gasteiger partial charge in [-0.05, 0) is 52.5 Å². The summed E-state index contributed by atoms with van der Waals surface area (Å²) >= 11 is 3.35. The van der Waals surface area contributed by atoms with E-state index < -0.39 is 17.9 Å². The number of guanidine groups is 1. The van der Waals surface area contributed by atoms with Crippen molar-refractivity contribution in [2.24, 2.45) is 16.5 Å². The Morgan fingerprint density at radius 3 is 2.72 bits per heavy atom. The van der Waals surface area contributed by atoms with Crippen molar-refractivity contribution in [3.63, 3.8) is 0 Å². The summed E-state index contributed by atoms with van der Waals surface area (Å²) in [5.74, 6) is -0.988. The third kappa shape index (κ3) is 7.71. The largest absolute Gasteiger partial charge is 0.496 e. The average Bonchev–Trinajstić information content (AvgIpc) is 2.55. The van der Waals surface area contributed by atoms with Crippen molar-refractivity contribution in [3.8, 4) is 5.75 Å². The van der Waals surface area contributed by atoms with E-state index in [1.54, 1.807) is 31.4 Å². The molecule has 0 fully saturated rings. The predicted octanol–water partition coefficient (Wildman–Crippen LogP) is 1.09. The number of halogens is 1. The minimum absolute atomic E-state index is 0.0514. The second kappa shape index (κ2) is 10.3. The zero-order chi connectivity index (χ0) is 18.8. The van der Waals surface area contributed by atoms with Gasteiger partial charge in [-0.15, -0.1) is 0 Å². The number of carboxylic acids is 1. The molecule has 0 heterocycles. The molecular formula is C16H21BrN4O4. The highest BCUT2D eigenvalue weighted by molar-refractivity contribution is 9.10. The molecule has 136 valence electrons. The molecule has 1 aromatic carbocycles. The third-order valence-electron chi connectivity index (χ3n) is 3.16. The Kier molecular flexibility index (Phi) is 8.48. The molecule has 0 aromatic heterocycles. The third-order valence-corrected chi connectivity index (χ3v) is 3.78. The fraction of sp³-hybridized carbons (Fsp3) is 0.312. The van der Waals surface area contributed by atoms with Crippen molar-refractivity contribution in [1.82, 2.24) is 5.32 Å². The summed E-state index contributed by atoms with van der Waals surface area (Å²) in [5, 5.41) is 11.6. The Labute approximate surface area is 154 Å². The lowest BCUT2D eigenvalue weighted by atomic mass is 10.1. The first kappa shape index (κ1) is 20.5. The van der Waals surface area contributed by atoms with Crippen LogP contribution in [0.15, 0.2) is 33.7 Å². The van der Waals surface area contributed by atoms with Gasteiger partial charge in [0.05, 0.1) is 11.6 Å². The molecule has 1 amide bonds. The van der Waals surface area contributed by atoms with Crippen molar-refractivity contribution >= 4 is 39.8 Å². The van der Waals surface area contributed by atoms with Crippen LogP contribution in [0, 0.1) is 0 Å². The standard InChI is InChI=1S/C16H21BrN4O4/c1-25-13-6-4-10(9-11(13)17)5-7-14(22)21-12(15(23)24)3-2-8-20-16(18)19/h4-7,9,12H,2-3,8H2,1H3,(H,21,22)(H,23,24)(H4,18,19,20)/b7-5+/t12-/m1/s1. The van der Waals surface area contributed by atoms with Gasteiger partial charge in [0.25, 0.3) is 0 Å². The summed E-state index contributed by atoms with van der Waals surface area (Å²) in [6.45, 7) is 0.303. The zero-order valence-corrected chi connectivity index (χ0v) is 15.3. The predicted molar refractivity (Wildman–Crippen MR) is 99.2 cm³/mol. The smallest absolute Gasteiger partial charge is 0.326 e. The van der Waals surface area contributed by atoms with Crippen LogP contribution in [0.1, 0.15) is 18.4 Å². The number of benzene rings is 1. The maximum Gasteiger partial charge on any atom is 0.326 e. The molecule has 1 atom stereocenters. The number of nitrogens with zero attached hydrogens (tertiary/aromatic N) is 1. The molecule has 0 spiro atoms. The second-order valence-electron chi connectivity index (χ2n) is 5.08. The van der Waals surface area contributed by atoms with E-state index in [4.69, 9.17) is 21.3 Å². The highest BCUT2D eigenvalue weighted by atomic mass is 79.9.